The standard InChI is InChI=1S/C20H12F3N7S/c21-20(22,23)13-7-3-1-5-11(13)15-25-17(18-24-9-10-31-18)28-19(26-15)27-16-12-6-2-4-8-14(12)29-30-16/h1-10H,(H2,25,26,27,28,29,30). The Morgan fingerprint density at radius 1 is 0.903 bits per heavy atom. The number of nitrogens with one attached hydrogen (secondary N) is 2. The second kappa shape index (κ2) is 7.43. The fraction of sp³-hybridized carbons (Fsp3) is 0.0500. The van der Waals surface area contributed by atoms with Gasteiger partial charge in [0.1, 0.15) is 0 Å². The highest BCUT2D eigenvalue weighted by atomic mass is 32.1. The summed E-state index contributed by atoms with van der Waals surface area (Å²) in [4.78, 5) is 17.1. The van der Waals surface area contributed by atoms with Gasteiger partial charge in [0.25, 0.3) is 0 Å². The molecule has 0 aliphatic carbocycles. The minimum atomic E-state index is -4.56. The fourth-order valence-electron chi connectivity index (χ4n) is 3.07. The summed E-state index contributed by atoms with van der Waals surface area (Å²) < 4.78 is 40.7. The van der Waals surface area contributed by atoms with Crippen LogP contribution in [0, 0.1) is 0 Å². The van der Waals surface area contributed by atoms with Gasteiger partial charge in [-0.2, -0.15) is 28.2 Å². The zero-order valence-electron chi connectivity index (χ0n) is 15.6. The maximum absolute atomic E-state index is 13.6. The number of nitrogens with zero attached hydrogens (tertiary/aromatic N) is 5. The monoisotopic (exact) mass is 439 g/mol. The number of halogens is 3. The molecule has 3 heterocycles. The third-order valence-electron chi connectivity index (χ3n) is 4.43. The Kier molecular flexibility index (Phi) is 4.59. The van der Waals surface area contributed by atoms with Crippen molar-refractivity contribution in [2.45, 2.75) is 6.18 Å². The molecule has 0 aliphatic heterocycles. The van der Waals surface area contributed by atoms with E-state index in [0.717, 1.165) is 17.0 Å². The van der Waals surface area contributed by atoms with Crippen molar-refractivity contribution in [3.05, 3.63) is 65.7 Å². The molecule has 0 atom stereocenters. The summed E-state index contributed by atoms with van der Waals surface area (Å²) in [5.41, 5.74) is -0.186. The Labute approximate surface area is 177 Å². The first-order valence-electron chi connectivity index (χ1n) is 9.02. The lowest BCUT2D eigenvalue weighted by molar-refractivity contribution is -0.137. The van der Waals surface area contributed by atoms with E-state index in [-0.39, 0.29) is 23.2 Å². The van der Waals surface area contributed by atoms with Crippen molar-refractivity contribution in [3.8, 4) is 22.2 Å². The van der Waals surface area contributed by atoms with Crippen molar-refractivity contribution in [2.75, 3.05) is 5.32 Å². The summed E-state index contributed by atoms with van der Waals surface area (Å²) in [6.45, 7) is 0. The average Bonchev–Trinajstić information content (AvgIpc) is 3.44. The molecule has 2 N–H and O–H groups in total. The van der Waals surface area contributed by atoms with Crippen LogP contribution < -0.4 is 5.32 Å². The Morgan fingerprint density at radius 2 is 1.68 bits per heavy atom. The summed E-state index contributed by atoms with van der Waals surface area (Å²) in [5.74, 6) is 0.557. The number of anilines is 2. The zero-order valence-corrected chi connectivity index (χ0v) is 16.4. The highest BCUT2D eigenvalue weighted by Gasteiger charge is 2.34. The normalized spacial score (nSPS) is 11.7. The molecular formula is C20H12F3N7S. The topological polar surface area (TPSA) is 92.3 Å². The summed E-state index contributed by atoms with van der Waals surface area (Å²) in [5, 5.41) is 13.1. The number of H-pyrrole nitrogens is 1. The van der Waals surface area contributed by atoms with E-state index in [9.17, 15) is 13.2 Å². The molecule has 0 radical (unpaired) electrons. The molecule has 0 saturated heterocycles. The Hall–Kier alpha value is -3.86. The first-order valence-corrected chi connectivity index (χ1v) is 9.90. The SMILES string of the molecule is FC(F)(F)c1ccccc1-c1nc(Nc2n[nH]c3ccccc23)nc(-c2nccs2)n1. The van der Waals surface area contributed by atoms with Crippen molar-refractivity contribution in [2.24, 2.45) is 0 Å². The molecule has 31 heavy (non-hydrogen) atoms. The summed E-state index contributed by atoms with van der Waals surface area (Å²) in [6.07, 6.45) is -2.99. The lowest BCUT2D eigenvalue weighted by atomic mass is 10.1. The van der Waals surface area contributed by atoms with E-state index in [1.165, 1.54) is 29.5 Å². The van der Waals surface area contributed by atoms with Crippen molar-refractivity contribution < 1.29 is 13.2 Å². The molecule has 0 fully saturated rings. The van der Waals surface area contributed by atoms with Crippen molar-refractivity contribution in [1.29, 1.82) is 0 Å². The number of benzene rings is 2. The van der Waals surface area contributed by atoms with Gasteiger partial charge in [-0.1, -0.05) is 30.3 Å². The smallest absolute Gasteiger partial charge is 0.307 e. The molecule has 0 spiro atoms. The van der Waals surface area contributed by atoms with Gasteiger partial charge >= 0.3 is 6.18 Å². The van der Waals surface area contributed by atoms with Gasteiger partial charge in [-0.25, -0.2) is 9.97 Å². The highest BCUT2D eigenvalue weighted by molar-refractivity contribution is 7.13. The van der Waals surface area contributed by atoms with Gasteiger partial charge in [-0.15, -0.1) is 11.3 Å². The van der Waals surface area contributed by atoms with E-state index >= 15 is 0 Å². The molecule has 2 aromatic carbocycles. The van der Waals surface area contributed by atoms with Crippen LogP contribution in [0.4, 0.5) is 24.9 Å². The number of para-hydroxylation sites is 1. The predicted octanol–water partition coefficient (Wildman–Crippen LogP) is 5.30. The van der Waals surface area contributed by atoms with Crippen LogP contribution in [-0.4, -0.2) is 30.1 Å². The number of thiazole rings is 1. The number of aromatic amines is 1. The molecule has 7 nitrogen and oxygen atoms in total. The third kappa shape index (κ3) is 3.70. The number of rotatable bonds is 4. The van der Waals surface area contributed by atoms with Crippen LogP contribution in [0.3, 0.4) is 0 Å². The van der Waals surface area contributed by atoms with Gasteiger partial charge in [0.15, 0.2) is 22.5 Å². The molecule has 154 valence electrons. The quantitative estimate of drug-likeness (QED) is 0.395. The molecule has 5 rings (SSSR count). The van der Waals surface area contributed by atoms with Crippen LogP contribution in [-0.2, 0) is 6.18 Å². The lowest BCUT2D eigenvalue weighted by Gasteiger charge is -2.13. The first kappa shape index (κ1) is 19.1. The molecule has 11 heteroatoms. The van der Waals surface area contributed by atoms with E-state index in [1.807, 2.05) is 24.3 Å². The van der Waals surface area contributed by atoms with Crippen molar-refractivity contribution in [3.63, 3.8) is 0 Å². The number of hydrogen-bond acceptors (Lipinski definition) is 7. The van der Waals surface area contributed by atoms with Gasteiger partial charge < -0.3 is 5.32 Å². The van der Waals surface area contributed by atoms with Gasteiger partial charge in [0, 0.05) is 22.5 Å². The molecule has 3 aromatic heterocycles. The van der Waals surface area contributed by atoms with Gasteiger partial charge in [-0.05, 0) is 18.2 Å². The van der Waals surface area contributed by atoms with Crippen LogP contribution in [0.25, 0.3) is 33.1 Å². The van der Waals surface area contributed by atoms with Crippen molar-refractivity contribution in [1.82, 2.24) is 30.1 Å². The summed E-state index contributed by atoms with van der Waals surface area (Å²) in [7, 11) is 0. The molecular weight excluding hydrogens is 427 g/mol. The summed E-state index contributed by atoms with van der Waals surface area (Å²) >= 11 is 1.27. The second-order valence-corrected chi connectivity index (χ2v) is 7.32. The lowest BCUT2D eigenvalue weighted by Crippen LogP contribution is -2.10. The molecule has 0 unspecified atom stereocenters. The summed E-state index contributed by atoms with van der Waals surface area (Å²) in [6, 6.07) is 12.6. The largest absolute Gasteiger partial charge is 0.417 e. The minimum absolute atomic E-state index is 0.0597. The first-order chi connectivity index (χ1) is 15.0. The van der Waals surface area contributed by atoms with Crippen LogP contribution in [0.1, 0.15) is 5.56 Å². The van der Waals surface area contributed by atoms with E-state index in [2.05, 4.69) is 35.5 Å². The molecule has 0 aliphatic rings. The van der Waals surface area contributed by atoms with Crippen LogP contribution in [0.5, 0.6) is 0 Å². The maximum Gasteiger partial charge on any atom is 0.417 e. The molecule has 0 amide bonds. The fourth-order valence-corrected chi connectivity index (χ4v) is 3.64. The Balaban J connectivity index is 1.66. The zero-order chi connectivity index (χ0) is 21.4. The van der Waals surface area contributed by atoms with Crippen LogP contribution >= 0.6 is 11.3 Å². The van der Waals surface area contributed by atoms with E-state index < -0.39 is 11.7 Å². The Morgan fingerprint density at radius 3 is 2.48 bits per heavy atom. The number of alkyl halides is 3. The third-order valence-corrected chi connectivity index (χ3v) is 5.20. The van der Waals surface area contributed by atoms with E-state index in [4.69, 9.17) is 0 Å². The number of hydrogen-bond donors (Lipinski definition) is 2. The van der Waals surface area contributed by atoms with E-state index in [0.29, 0.717) is 10.8 Å². The van der Waals surface area contributed by atoms with Gasteiger partial charge in [0.2, 0.25) is 5.95 Å². The predicted molar refractivity (Wildman–Crippen MR) is 111 cm³/mol. The maximum atomic E-state index is 13.6. The molecule has 5 aromatic rings. The average molecular weight is 439 g/mol. The number of aromatic nitrogens is 6. The second-order valence-electron chi connectivity index (χ2n) is 6.43. The number of fused-ring (bicyclic) bond motifs is 1. The minimum Gasteiger partial charge on any atom is -0.307 e. The Bertz CT molecular complexity index is 1360. The van der Waals surface area contributed by atoms with Gasteiger partial charge in [-0.3, -0.25) is 5.10 Å². The molecule has 0 bridgehead atoms. The van der Waals surface area contributed by atoms with Crippen LogP contribution in [0.2, 0.25) is 0 Å². The van der Waals surface area contributed by atoms with Crippen molar-refractivity contribution >= 4 is 34.0 Å². The van der Waals surface area contributed by atoms with Crippen LogP contribution in [0.15, 0.2) is 60.1 Å². The van der Waals surface area contributed by atoms with E-state index in [1.54, 1.807) is 11.6 Å². The highest BCUT2D eigenvalue weighted by Crippen LogP contribution is 2.36. The molecule has 0 saturated carbocycles. The van der Waals surface area contributed by atoms with Gasteiger partial charge in [0.05, 0.1) is 11.1 Å².